The zero-order chi connectivity index (χ0) is 17.9. The Balaban J connectivity index is 1.61. The molecule has 3 rings (SSSR count). The Hall–Kier alpha value is -1.95. The number of nitrogens with zero attached hydrogens (tertiary/aromatic N) is 2. The molecule has 0 bridgehead atoms. The van der Waals surface area contributed by atoms with Gasteiger partial charge >= 0.3 is 6.09 Å². The van der Waals surface area contributed by atoms with Crippen LogP contribution in [0.4, 0.5) is 10.5 Å². The van der Waals surface area contributed by atoms with Gasteiger partial charge in [-0.05, 0) is 32.9 Å². The Bertz CT molecular complexity index is 594. The molecule has 1 amide bonds. The van der Waals surface area contributed by atoms with Gasteiger partial charge in [-0.25, -0.2) is 4.79 Å². The number of benzene rings is 1. The van der Waals surface area contributed by atoms with Crippen molar-refractivity contribution < 1.29 is 14.3 Å². The van der Waals surface area contributed by atoms with Crippen molar-refractivity contribution in [2.75, 3.05) is 44.2 Å². The predicted octanol–water partition coefficient (Wildman–Crippen LogP) is 2.48. The molecule has 0 spiro atoms. The predicted molar refractivity (Wildman–Crippen MR) is 98.4 cm³/mol. The fraction of sp³-hybridized carbons (Fsp3) is 0.632. The number of likely N-dealkylation sites (tertiary alicyclic amines) is 1. The monoisotopic (exact) mass is 347 g/mol. The van der Waals surface area contributed by atoms with E-state index in [9.17, 15) is 4.79 Å². The van der Waals surface area contributed by atoms with Crippen LogP contribution in [0.15, 0.2) is 24.3 Å². The lowest BCUT2D eigenvalue weighted by atomic mass is 10.2. The summed E-state index contributed by atoms with van der Waals surface area (Å²) < 4.78 is 11.7. The number of para-hydroxylation sites is 2. The van der Waals surface area contributed by atoms with Crippen LogP contribution in [0.3, 0.4) is 0 Å². The summed E-state index contributed by atoms with van der Waals surface area (Å²) in [6.07, 6.45) is 0.584. The Morgan fingerprint density at radius 3 is 2.60 bits per heavy atom. The summed E-state index contributed by atoms with van der Waals surface area (Å²) in [5.74, 6) is 0.903. The van der Waals surface area contributed by atoms with Gasteiger partial charge in [-0.1, -0.05) is 12.1 Å². The molecule has 6 nitrogen and oxygen atoms in total. The molecule has 2 aliphatic rings. The Labute approximate surface area is 150 Å². The highest BCUT2D eigenvalue weighted by Crippen LogP contribution is 2.30. The fourth-order valence-corrected chi connectivity index (χ4v) is 3.22. The number of hydrogen-bond donors (Lipinski definition) is 1. The number of hydrogen-bond acceptors (Lipinski definition) is 5. The maximum Gasteiger partial charge on any atom is 0.410 e. The number of carbonyl (C=O) groups excluding carboxylic acids is 1. The van der Waals surface area contributed by atoms with E-state index in [1.807, 2.05) is 39.0 Å². The normalized spacial score (nSPS) is 21.3. The average Bonchev–Trinajstić information content (AvgIpc) is 3.03. The summed E-state index contributed by atoms with van der Waals surface area (Å²) >= 11 is 0. The van der Waals surface area contributed by atoms with Crippen LogP contribution in [-0.2, 0) is 4.74 Å². The number of rotatable bonds is 3. The van der Waals surface area contributed by atoms with Crippen molar-refractivity contribution in [2.24, 2.45) is 0 Å². The van der Waals surface area contributed by atoms with Crippen molar-refractivity contribution >= 4 is 11.8 Å². The lowest BCUT2D eigenvalue weighted by Gasteiger charge is -2.31. The van der Waals surface area contributed by atoms with Crippen LogP contribution < -0.4 is 15.0 Å². The number of carbonyl (C=O) groups is 1. The molecule has 0 aromatic heterocycles. The standard InChI is InChI=1S/C19H29N3O3/c1-19(2,3)25-18(23)22-11-8-15(14-22)24-17-7-5-4-6-16(17)21-12-9-20-10-13-21/h4-7,15,20H,8-14H2,1-3H3/t15-/m0/s1. The first-order chi connectivity index (χ1) is 11.9. The van der Waals surface area contributed by atoms with E-state index < -0.39 is 5.60 Å². The van der Waals surface area contributed by atoms with Crippen molar-refractivity contribution in [3.05, 3.63) is 24.3 Å². The molecule has 1 aromatic carbocycles. The van der Waals surface area contributed by atoms with Gasteiger partial charge in [0.1, 0.15) is 17.5 Å². The third-order valence-corrected chi connectivity index (χ3v) is 4.41. The van der Waals surface area contributed by atoms with Crippen LogP contribution in [0.25, 0.3) is 0 Å². The van der Waals surface area contributed by atoms with Crippen LogP contribution in [0.5, 0.6) is 5.75 Å². The SMILES string of the molecule is CC(C)(C)OC(=O)N1CC[C@H](Oc2ccccc2N2CCNCC2)C1. The summed E-state index contributed by atoms with van der Waals surface area (Å²) in [7, 11) is 0. The number of amides is 1. The van der Waals surface area contributed by atoms with Gasteiger partial charge in [0.2, 0.25) is 0 Å². The van der Waals surface area contributed by atoms with Crippen molar-refractivity contribution in [2.45, 2.75) is 38.9 Å². The molecule has 1 atom stereocenters. The third-order valence-electron chi connectivity index (χ3n) is 4.41. The minimum atomic E-state index is -0.467. The number of nitrogens with one attached hydrogen (secondary N) is 1. The molecule has 0 saturated carbocycles. The largest absolute Gasteiger partial charge is 0.486 e. The smallest absolute Gasteiger partial charge is 0.410 e. The molecule has 2 heterocycles. The Kier molecular flexibility index (Phi) is 5.37. The fourth-order valence-electron chi connectivity index (χ4n) is 3.22. The van der Waals surface area contributed by atoms with Crippen LogP contribution in [-0.4, -0.2) is 62.0 Å². The molecule has 2 fully saturated rings. The third kappa shape index (κ3) is 4.78. The van der Waals surface area contributed by atoms with E-state index in [-0.39, 0.29) is 12.2 Å². The van der Waals surface area contributed by atoms with Gasteiger partial charge in [0.15, 0.2) is 0 Å². The van der Waals surface area contributed by atoms with Gasteiger partial charge in [0.05, 0.1) is 12.2 Å². The van der Waals surface area contributed by atoms with Crippen LogP contribution >= 0.6 is 0 Å². The van der Waals surface area contributed by atoms with E-state index in [0.29, 0.717) is 13.1 Å². The van der Waals surface area contributed by atoms with Crippen molar-refractivity contribution in [1.82, 2.24) is 10.2 Å². The molecule has 1 N–H and O–H groups in total. The van der Waals surface area contributed by atoms with Crippen molar-refractivity contribution in [1.29, 1.82) is 0 Å². The maximum absolute atomic E-state index is 12.2. The van der Waals surface area contributed by atoms with Gasteiger partial charge in [0.25, 0.3) is 0 Å². The zero-order valence-electron chi connectivity index (χ0n) is 15.5. The molecule has 2 saturated heterocycles. The molecule has 0 unspecified atom stereocenters. The quantitative estimate of drug-likeness (QED) is 0.910. The van der Waals surface area contributed by atoms with E-state index in [1.165, 1.54) is 0 Å². The second kappa shape index (κ2) is 7.52. The Morgan fingerprint density at radius 1 is 1.16 bits per heavy atom. The van der Waals surface area contributed by atoms with Crippen molar-refractivity contribution in [3.63, 3.8) is 0 Å². The minimum Gasteiger partial charge on any atom is -0.486 e. The number of piperazine rings is 1. The van der Waals surface area contributed by atoms with Crippen molar-refractivity contribution in [3.8, 4) is 5.75 Å². The highest BCUT2D eigenvalue weighted by Gasteiger charge is 2.31. The first-order valence-corrected chi connectivity index (χ1v) is 9.12. The summed E-state index contributed by atoms with van der Waals surface area (Å²) in [5.41, 5.74) is 0.671. The second-order valence-electron chi connectivity index (χ2n) is 7.66. The molecular weight excluding hydrogens is 318 g/mol. The summed E-state index contributed by atoms with van der Waals surface area (Å²) in [4.78, 5) is 16.3. The molecular formula is C19H29N3O3. The summed E-state index contributed by atoms with van der Waals surface area (Å²) in [6, 6.07) is 8.18. The molecule has 0 aliphatic carbocycles. The van der Waals surface area contributed by atoms with Gasteiger partial charge in [0, 0.05) is 39.1 Å². The molecule has 25 heavy (non-hydrogen) atoms. The van der Waals surface area contributed by atoms with E-state index in [1.54, 1.807) is 4.90 Å². The first-order valence-electron chi connectivity index (χ1n) is 9.12. The lowest BCUT2D eigenvalue weighted by molar-refractivity contribution is 0.0276. The van der Waals surface area contributed by atoms with Crippen LogP contribution in [0.1, 0.15) is 27.2 Å². The van der Waals surface area contributed by atoms with Crippen LogP contribution in [0, 0.1) is 0 Å². The van der Waals surface area contributed by atoms with Gasteiger partial charge in [-0.2, -0.15) is 0 Å². The summed E-state index contributed by atoms with van der Waals surface area (Å²) in [5, 5.41) is 3.37. The Morgan fingerprint density at radius 2 is 1.88 bits per heavy atom. The molecule has 0 radical (unpaired) electrons. The second-order valence-corrected chi connectivity index (χ2v) is 7.66. The van der Waals surface area contributed by atoms with E-state index in [0.717, 1.165) is 44.0 Å². The maximum atomic E-state index is 12.2. The highest BCUT2D eigenvalue weighted by molar-refractivity contribution is 5.68. The zero-order valence-corrected chi connectivity index (χ0v) is 15.5. The topological polar surface area (TPSA) is 54.0 Å². The molecule has 2 aliphatic heterocycles. The van der Waals surface area contributed by atoms with Crippen LogP contribution in [0.2, 0.25) is 0 Å². The highest BCUT2D eigenvalue weighted by atomic mass is 16.6. The van der Waals surface area contributed by atoms with Gasteiger partial charge in [-0.15, -0.1) is 0 Å². The van der Waals surface area contributed by atoms with Gasteiger partial charge in [-0.3, -0.25) is 0 Å². The molecule has 138 valence electrons. The number of ether oxygens (including phenoxy) is 2. The van der Waals surface area contributed by atoms with E-state index in [2.05, 4.69) is 16.3 Å². The van der Waals surface area contributed by atoms with E-state index in [4.69, 9.17) is 9.47 Å². The van der Waals surface area contributed by atoms with Gasteiger partial charge < -0.3 is 24.6 Å². The van der Waals surface area contributed by atoms with E-state index >= 15 is 0 Å². The molecule has 6 heteroatoms. The minimum absolute atomic E-state index is 0.0107. The first kappa shape index (κ1) is 17.9. The molecule has 1 aromatic rings. The lowest BCUT2D eigenvalue weighted by Crippen LogP contribution is -2.43. The summed E-state index contributed by atoms with van der Waals surface area (Å²) in [6.45, 7) is 10.9. The average molecular weight is 347 g/mol. The number of anilines is 1.